The number of anilines is 1. The van der Waals surface area contributed by atoms with Crippen molar-refractivity contribution in [3.05, 3.63) is 64.7 Å². The number of fused-ring (bicyclic) bond motifs is 3. The molecule has 32 heavy (non-hydrogen) atoms. The van der Waals surface area contributed by atoms with Gasteiger partial charge in [0.15, 0.2) is 5.82 Å². The predicted octanol–water partition coefficient (Wildman–Crippen LogP) is 2.47. The number of nitrogens with one attached hydrogen (secondary N) is 2. The summed E-state index contributed by atoms with van der Waals surface area (Å²) < 4.78 is 20.9. The molecular formula is C23H21FN6O2. The number of benzene rings is 2. The molecule has 3 aliphatic heterocycles. The van der Waals surface area contributed by atoms with Gasteiger partial charge < -0.3 is 15.0 Å². The fraction of sp³-hybridized carbons (Fsp3) is 0.261. The molecule has 0 amide bonds. The highest BCUT2D eigenvalue weighted by atomic mass is 19.1. The number of aromatic nitrogens is 4. The lowest BCUT2D eigenvalue weighted by Crippen LogP contribution is -2.67. The Morgan fingerprint density at radius 2 is 1.88 bits per heavy atom. The second kappa shape index (κ2) is 7.16. The maximum absolute atomic E-state index is 14.6. The van der Waals surface area contributed by atoms with Crippen molar-refractivity contribution in [3.8, 4) is 22.7 Å². The summed E-state index contributed by atoms with van der Waals surface area (Å²) in [5.41, 5.74) is 3.09. The summed E-state index contributed by atoms with van der Waals surface area (Å²) in [6, 6.07) is 15.1. The summed E-state index contributed by atoms with van der Waals surface area (Å²) in [6.45, 7) is 2.03. The minimum absolute atomic E-state index is 0.0262. The molecule has 2 unspecified atom stereocenters. The summed E-state index contributed by atoms with van der Waals surface area (Å²) in [6.07, 6.45) is 1.26. The predicted molar refractivity (Wildman–Crippen MR) is 119 cm³/mol. The standard InChI is InChI=1S/C23H21FN6O2/c1-32-19-4-2-3-17(24)23(19)30-20(31)10-18-22(28-30)21(27-26-18)13-5-7-16(8-6-13)29-11-14-9-15(12-29)25-14/h2-8,10,14-15,25-26H,9,11-12H2,1H3. The molecule has 2 bridgehead atoms. The first-order valence-electron chi connectivity index (χ1n) is 10.5. The molecule has 0 saturated carbocycles. The number of methoxy groups -OCH3 is 1. The van der Waals surface area contributed by atoms with Crippen molar-refractivity contribution in [2.75, 3.05) is 25.1 Å². The van der Waals surface area contributed by atoms with E-state index in [0.29, 0.717) is 28.8 Å². The highest BCUT2D eigenvalue weighted by Crippen LogP contribution is 2.30. The molecule has 3 saturated heterocycles. The molecule has 4 aromatic rings. The Balaban J connectivity index is 1.40. The van der Waals surface area contributed by atoms with Crippen LogP contribution in [-0.2, 0) is 0 Å². The lowest BCUT2D eigenvalue weighted by molar-refractivity contribution is 0.226. The molecule has 7 rings (SSSR count). The van der Waals surface area contributed by atoms with Gasteiger partial charge in [0.25, 0.3) is 5.56 Å². The minimum Gasteiger partial charge on any atom is -0.494 e. The topological polar surface area (TPSA) is 88.1 Å². The van der Waals surface area contributed by atoms with Gasteiger partial charge in [-0.25, -0.2) is 4.39 Å². The van der Waals surface area contributed by atoms with E-state index in [9.17, 15) is 9.18 Å². The molecular weight excluding hydrogens is 411 g/mol. The Morgan fingerprint density at radius 1 is 1.12 bits per heavy atom. The zero-order valence-corrected chi connectivity index (χ0v) is 17.4. The molecule has 0 radical (unpaired) electrons. The third-order valence-electron chi connectivity index (χ3n) is 6.25. The summed E-state index contributed by atoms with van der Waals surface area (Å²) in [5, 5.41) is 15.2. The average molecular weight is 432 g/mol. The minimum atomic E-state index is -0.596. The van der Waals surface area contributed by atoms with E-state index < -0.39 is 11.4 Å². The fourth-order valence-corrected chi connectivity index (χ4v) is 4.67. The van der Waals surface area contributed by atoms with E-state index in [4.69, 9.17) is 4.74 Å². The number of aromatic amines is 1. The third kappa shape index (κ3) is 2.96. The van der Waals surface area contributed by atoms with Gasteiger partial charge in [0.2, 0.25) is 0 Å². The largest absolute Gasteiger partial charge is 0.494 e. The van der Waals surface area contributed by atoms with Crippen molar-refractivity contribution in [2.24, 2.45) is 0 Å². The highest BCUT2D eigenvalue weighted by molar-refractivity contribution is 5.89. The number of hydrogen-bond acceptors (Lipinski definition) is 6. The van der Waals surface area contributed by atoms with Crippen LogP contribution in [0.15, 0.2) is 53.3 Å². The highest BCUT2D eigenvalue weighted by Gasteiger charge is 2.36. The zero-order chi connectivity index (χ0) is 21.8. The first kappa shape index (κ1) is 19.0. The molecule has 2 aromatic carbocycles. The summed E-state index contributed by atoms with van der Waals surface area (Å²) in [4.78, 5) is 15.1. The summed E-state index contributed by atoms with van der Waals surface area (Å²) >= 11 is 0. The number of para-hydroxylation sites is 1. The van der Waals surface area contributed by atoms with E-state index in [0.717, 1.165) is 23.3 Å². The van der Waals surface area contributed by atoms with Gasteiger partial charge in [0, 0.05) is 42.5 Å². The second-order valence-electron chi connectivity index (χ2n) is 8.27. The first-order valence-corrected chi connectivity index (χ1v) is 10.5. The number of hydrogen-bond donors (Lipinski definition) is 2. The smallest absolute Gasteiger partial charge is 0.273 e. The quantitative estimate of drug-likeness (QED) is 0.515. The van der Waals surface area contributed by atoms with Gasteiger partial charge in [-0.15, -0.1) is 0 Å². The molecule has 2 atom stereocenters. The van der Waals surface area contributed by atoms with Gasteiger partial charge in [-0.05, 0) is 30.7 Å². The van der Waals surface area contributed by atoms with Crippen LogP contribution in [-0.4, -0.2) is 52.3 Å². The maximum atomic E-state index is 14.6. The molecule has 9 heteroatoms. The molecule has 8 nitrogen and oxygen atoms in total. The van der Waals surface area contributed by atoms with E-state index in [1.54, 1.807) is 6.07 Å². The average Bonchev–Trinajstić information content (AvgIpc) is 3.21. The normalized spacial score (nSPS) is 19.8. The molecule has 3 fully saturated rings. The lowest BCUT2D eigenvalue weighted by Gasteiger charge is -2.49. The van der Waals surface area contributed by atoms with Crippen LogP contribution in [0, 0.1) is 5.82 Å². The number of piperazine rings is 1. The SMILES string of the molecule is COc1cccc(F)c1-n1nc2c(-c3ccc(N4CC5CC(C4)N5)cc3)n[nH]c2cc1=O. The van der Waals surface area contributed by atoms with Crippen molar-refractivity contribution in [1.82, 2.24) is 25.3 Å². The molecule has 3 aliphatic rings. The summed E-state index contributed by atoms with van der Waals surface area (Å²) in [7, 11) is 1.43. The number of halogens is 1. The van der Waals surface area contributed by atoms with Crippen molar-refractivity contribution in [1.29, 1.82) is 0 Å². The monoisotopic (exact) mass is 432 g/mol. The molecule has 2 aromatic heterocycles. The number of rotatable bonds is 4. The van der Waals surface area contributed by atoms with E-state index in [2.05, 4.69) is 37.6 Å². The number of ether oxygens (including phenoxy) is 1. The van der Waals surface area contributed by atoms with E-state index in [-0.39, 0.29) is 11.4 Å². The molecule has 0 aliphatic carbocycles. The zero-order valence-electron chi connectivity index (χ0n) is 17.4. The van der Waals surface area contributed by atoms with Crippen molar-refractivity contribution in [2.45, 2.75) is 18.5 Å². The van der Waals surface area contributed by atoms with Crippen LogP contribution in [0.1, 0.15) is 6.42 Å². The van der Waals surface area contributed by atoms with Gasteiger partial charge in [-0.2, -0.15) is 14.9 Å². The first-order chi connectivity index (χ1) is 15.6. The van der Waals surface area contributed by atoms with Crippen LogP contribution in [0.5, 0.6) is 5.75 Å². The molecule has 162 valence electrons. The second-order valence-corrected chi connectivity index (χ2v) is 8.27. The number of H-pyrrole nitrogens is 1. The van der Waals surface area contributed by atoms with Crippen molar-refractivity contribution < 1.29 is 9.13 Å². The number of piperidine rings is 1. The van der Waals surface area contributed by atoms with Gasteiger partial charge in [-0.3, -0.25) is 9.89 Å². The van der Waals surface area contributed by atoms with Gasteiger partial charge in [0.1, 0.15) is 22.6 Å². The van der Waals surface area contributed by atoms with Gasteiger partial charge in [-0.1, -0.05) is 18.2 Å². The Morgan fingerprint density at radius 3 is 2.59 bits per heavy atom. The Bertz CT molecular complexity index is 1360. The molecule has 2 N–H and O–H groups in total. The fourth-order valence-electron chi connectivity index (χ4n) is 4.67. The molecule has 5 heterocycles. The van der Waals surface area contributed by atoms with Gasteiger partial charge >= 0.3 is 0 Å². The van der Waals surface area contributed by atoms with E-state index in [1.165, 1.54) is 37.4 Å². The maximum Gasteiger partial charge on any atom is 0.273 e. The van der Waals surface area contributed by atoms with Crippen LogP contribution in [0.3, 0.4) is 0 Å². The van der Waals surface area contributed by atoms with Crippen molar-refractivity contribution >= 4 is 16.7 Å². The van der Waals surface area contributed by atoms with Crippen molar-refractivity contribution in [3.63, 3.8) is 0 Å². The molecule has 0 spiro atoms. The van der Waals surface area contributed by atoms with Crippen LogP contribution in [0.4, 0.5) is 10.1 Å². The Labute approximate surface area is 182 Å². The number of nitrogens with zero attached hydrogens (tertiary/aromatic N) is 4. The summed E-state index contributed by atoms with van der Waals surface area (Å²) in [5.74, 6) is -0.371. The van der Waals surface area contributed by atoms with Gasteiger partial charge in [0.05, 0.1) is 12.6 Å². The van der Waals surface area contributed by atoms with E-state index >= 15 is 0 Å². The van der Waals surface area contributed by atoms with E-state index in [1.807, 2.05) is 12.1 Å². The van der Waals surface area contributed by atoms with Crippen LogP contribution in [0.25, 0.3) is 28.0 Å². The Hall–Kier alpha value is -3.72. The lowest BCUT2D eigenvalue weighted by atomic mass is 9.91. The van der Waals surface area contributed by atoms with Crippen LogP contribution < -0.4 is 20.5 Å². The van der Waals surface area contributed by atoms with Crippen LogP contribution in [0.2, 0.25) is 0 Å². The van der Waals surface area contributed by atoms with Crippen LogP contribution >= 0.6 is 0 Å². The third-order valence-corrected chi connectivity index (χ3v) is 6.25. The Kier molecular flexibility index (Phi) is 4.25.